The van der Waals surface area contributed by atoms with Gasteiger partial charge in [0.25, 0.3) is 0 Å². The van der Waals surface area contributed by atoms with Crippen LogP contribution in [0.15, 0.2) is 72.1 Å². The molecule has 118 valence electrons. The summed E-state index contributed by atoms with van der Waals surface area (Å²) in [7, 11) is 2.01. The van der Waals surface area contributed by atoms with Gasteiger partial charge in [-0.3, -0.25) is 0 Å². The summed E-state index contributed by atoms with van der Waals surface area (Å²) in [5.41, 5.74) is 4.65. The van der Waals surface area contributed by atoms with E-state index in [-0.39, 0.29) is 0 Å². The largest absolute Gasteiger partial charge is 0.411 e. The van der Waals surface area contributed by atoms with E-state index in [1.54, 1.807) is 4.68 Å². The normalized spacial score (nSPS) is 11.5. The van der Waals surface area contributed by atoms with E-state index < -0.39 is 0 Å². The second-order valence-corrected chi connectivity index (χ2v) is 5.63. The second-order valence-electron chi connectivity index (χ2n) is 5.63. The highest BCUT2D eigenvalue weighted by molar-refractivity contribution is 6.00. The zero-order chi connectivity index (χ0) is 16.5. The Morgan fingerprint density at radius 2 is 1.75 bits per heavy atom. The van der Waals surface area contributed by atoms with Crippen molar-refractivity contribution in [2.24, 2.45) is 12.2 Å². The van der Waals surface area contributed by atoms with E-state index in [1.165, 1.54) is 6.21 Å². The van der Waals surface area contributed by atoms with Crippen LogP contribution in [-0.4, -0.2) is 25.8 Å². The summed E-state index contributed by atoms with van der Waals surface area (Å²) >= 11 is 0. The van der Waals surface area contributed by atoms with Crippen LogP contribution in [0.1, 0.15) is 5.56 Å². The van der Waals surface area contributed by atoms with Crippen molar-refractivity contribution in [3.8, 4) is 16.9 Å². The van der Waals surface area contributed by atoms with Crippen LogP contribution in [0, 0.1) is 0 Å². The molecule has 0 bridgehead atoms. The smallest absolute Gasteiger partial charge is 0.104 e. The van der Waals surface area contributed by atoms with Crippen molar-refractivity contribution in [3.05, 3.63) is 72.6 Å². The highest BCUT2D eigenvalue weighted by Crippen LogP contribution is 2.31. The second kappa shape index (κ2) is 5.70. The van der Waals surface area contributed by atoms with Gasteiger partial charge in [-0.05, 0) is 18.2 Å². The molecule has 0 atom stereocenters. The fourth-order valence-electron chi connectivity index (χ4n) is 3.00. The summed E-state index contributed by atoms with van der Waals surface area (Å²) in [5.74, 6) is 0. The Morgan fingerprint density at radius 3 is 2.54 bits per heavy atom. The Bertz CT molecular complexity index is 1030. The van der Waals surface area contributed by atoms with E-state index in [0.29, 0.717) is 0 Å². The molecule has 0 amide bonds. The Balaban J connectivity index is 1.95. The van der Waals surface area contributed by atoms with Gasteiger partial charge in [-0.1, -0.05) is 41.6 Å². The van der Waals surface area contributed by atoms with Gasteiger partial charge in [0.2, 0.25) is 0 Å². The Kier molecular flexibility index (Phi) is 3.39. The molecular weight excluding hydrogens is 300 g/mol. The van der Waals surface area contributed by atoms with E-state index in [0.717, 1.165) is 33.4 Å². The number of aromatic nitrogens is 3. The van der Waals surface area contributed by atoms with Crippen LogP contribution in [0.4, 0.5) is 0 Å². The Hall–Kier alpha value is -3.34. The van der Waals surface area contributed by atoms with Crippen LogP contribution in [0.2, 0.25) is 0 Å². The maximum atomic E-state index is 9.02. The molecule has 2 aromatic heterocycles. The van der Waals surface area contributed by atoms with Crippen molar-refractivity contribution < 1.29 is 5.21 Å². The third-order valence-corrected chi connectivity index (χ3v) is 4.11. The molecule has 24 heavy (non-hydrogen) atoms. The van der Waals surface area contributed by atoms with Crippen LogP contribution in [0.3, 0.4) is 0 Å². The molecule has 4 rings (SSSR count). The van der Waals surface area contributed by atoms with Crippen molar-refractivity contribution in [2.45, 2.75) is 0 Å². The molecule has 1 N–H and O–H groups in total. The van der Waals surface area contributed by atoms with Crippen LogP contribution in [0.5, 0.6) is 0 Å². The minimum Gasteiger partial charge on any atom is -0.411 e. The average Bonchev–Trinajstić information content (AvgIpc) is 3.18. The van der Waals surface area contributed by atoms with E-state index >= 15 is 0 Å². The third kappa shape index (κ3) is 2.27. The van der Waals surface area contributed by atoms with Gasteiger partial charge in [0, 0.05) is 41.5 Å². The van der Waals surface area contributed by atoms with Gasteiger partial charge in [0.05, 0.1) is 11.9 Å². The molecule has 0 saturated heterocycles. The number of fused-ring (bicyclic) bond motifs is 1. The first-order valence-electron chi connectivity index (χ1n) is 7.65. The Morgan fingerprint density at radius 1 is 1.00 bits per heavy atom. The lowest BCUT2D eigenvalue weighted by molar-refractivity contribution is 0.322. The molecule has 0 aliphatic heterocycles. The quantitative estimate of drug-likeness (QED) is 0.355. The molecule has 0 aliphatic carbocycles. The maximum Gasteiger partial charge on any atom is 0.104 e. The van der Waals surface area contributed by atoms with Gasteiger partial charge < -0.3 is 9.77 Å². The molecule has 0 radical (unpaired) electrons. The van der Waals surface area contributed by atoms with Crippen LogP contribution in [-0.2, 0) is 7.05 Å². The molecule has 0 fully saturated rings. The first-order valence-corrected chi connectivity index (χ1v) is 7.65. The lowest BCUT2D eigenvalue weighted by Gasteiger charge is -1.99. The van der Waals surface area contributed by atoms with Crippen molar-refractivity contribution in [1.29, 1.82) is 0 Å². The summed E-state index contributed by atoms with van der Waals surface area (Å²) in [6.45, 7) is 0. The fourth-order valence-corrected chi connectivity index (χ4v) is 3.00. The molecule has 5 heteroatoms. The lowest BCUT2D eigenvalue weighted by Crippen LogP contribution is -1.93. The number of oxime groups is 1. The molecule has 2 heterocycles. The van der Waals surface area contributed by atoms with E-state index in [4.69, 9.17) is 10.3 Å². The number of aryl methyl sites for hydroxylation is 1. The van der Waals surface area contributed by atoms with E-state index in [2.05, 4.69) is 28.1 Å². The molecule has 0 aliphatic rings. The van der Waals surface area contributed by atoms with Crippen molar-refractivity contribution >= 4 is 17.1 Å². The van der Waals surface area contributed by atoms with Gasteiger partial charge in [0.15, 0.2) is 0 Å². The number of nitrogens with zero attached hydrogens (tertiary/aromatic N) is 4. The molecule has 0 saturated carbocycles. The van der Waals surface area contributed by atoms with Crippen LogP contribution in [0.25, 0.3) is 27.8 Å². The summed E-state index contributed by atoms with van der Waals surface area (Å²) in [6.07, 6.45) is 5.34. The fraction of sp³-hybridized carbons (Fsp3) is 0.0526. The molecule has 2 aromatic carbocycles. The van der Waals surface area contributed by atoms with E-state index in [9.17, 15) is 0 Å². The lowest BCUT2D eigenvalue weighted by atomic mass is 10.1. The summed E-state index contributed by atoms with van der Waals surface area (Å²) in [6, 6.07) is 18.1. The number of rotatable bonds is 3. The van der Waals surface area contributed by atoms with Gasteiger partial charge in [-0.15, -0.1) is 0 Å². The minimum absolute atomic E-state index is 0.762. The van der Waals surface area contributed by atoms with Crippen molar-refractivity contribution in [1.82, 2.24) is 14.3 Å². The number of para-hydroxylation sites is 2. The summed E-state index contributed by atoms with van der Waals surface area (Å²) < 4.78 is 3.88. The molecular formula is C19H16N4O. The van der Waals surface area contributed by atoms with Crippen molar-refractivity contribution in [3.63, 3.8) is 0 Å². The van der Waals surface area contributed by atoms with E-state index in [1.807, 2.05) is 55.7 Å². The highest BCUT2D eigenvalue weighted by Gasteiger charge is 2.16. The molecule has 0 unspecified atom stereocenters. The number of hydrogen-bond donors (Lipinski definition) is 1. The first kappa shape index (κ1) is 14.3. The standard InChI is InChI=1S/C19H16N4O/c1-22-13-17(16-9-5-6-10-18(16)22)19-14(11-20-24)12-23(21-19)15-7-3-2-4-8-15/h2-13,24H,1H3/b20-11+. The maximum absolute atomic E-state index is 9.02. The van der Waals surface area contributed by atoms with Crippen LogP contribution >= 0.6 is 0 Å². The SMILES string of the molecule is Cn1cc(-c2nn(-c3ccccc3)cc2/C=N/O)c2ccccc21. The monoisotopic (exact) mass is 316 g/mol. The first-order chi connectivity index (χ1) is 11.8. The van der Waals surface area contributed by atoms with Gasteiger partial charge >= 0.3 is 0 Å². The van der Waals surface area contributed by atoms with Gasteiger partial charge in [-0.2, -0.15) is 5.10 Å². The average molecular weight is 316 g/mol. The van der Waals surface area contributed by atoms with Gasteiger partial charge in [0.1, 0.15) is 5.69 Å². The van der Waals surface area contributed by atoms with Crippen LogP contribution < -0.4 is 0 Å². The molecule has 5 nitrogen and oxygen atoms in total. The summed E-state index contributed by atoms with van der Waals surface area (Å²) in [5, 5.41) is 18.1. The zero-order valence-electron chi connectivity index (χ0n) is 13.2. The summed E-state index contributed by atoms with van der Waals surface area (Å²) in [4.78, 5) is 0. The predicted octanol–water partition coefficient (Wildman–Crippen LogP) is 3.84. The number of hydrogen-bond acceptors (Lipinski definition) is 3. The number of benzene rings is 2. The highest BCUT2D eigenvalue weighted by atomic mass is 16.4. The van der Waals surface area contributed by atoms with Gasteiger partial charge in [-0.25, -0.2) is 4.68 Å². The minimum atomic E-state index is 0.762. The Labute approximate surface area is 139 Å². The zero-order valence-corrected chi connectivity index (χ0v) is 13.2. The molecule has 0 spiro atoms. The topological polar surface area (TPSA) is 55.3 Å². The predicted molar refractivity (Wildman–Crippen MR) is 94.9 cm³/mol. The van der Waals surface area contributed by atoms with Crippen molar-refractivity contribution in [2.75, 3.05) is 0 Å². The molecule has 4 aromatic rings. The third-order valence-electron chi connectivity index (χ3n) is 4.11.